The van der Waals surface area contributed by atoms with Crippen LogP contribution in [0.1, 0.15) is 20.7 Å². The summed E-state index contributed by atoms with van der Waals surface area (Å²) in [7, 11) is -10.2. The van der Waals surface area contributed by atoms with Crippen molar-refractivity contribution in [3.8, 4) is 0 Å². The van der Waals surface area contributed by atoms with Crippen molar-refractivity contribution >= 4 is 32.2 Å². The van der Waals surface area contributed by atoms with E-state index < -0.39 is 53.1 Å². The molecule has 10 nitrogen and oxygen atoms in total. The molecule has 0 aromatic heterocycles. The zero-order valence-corrected chi connectivity index (χ0v) is 10.8. The molecule has 0 atom stereocenters. The third-order valence-corrected chi connectivity index (χ3v) is 3.90. The molecule has 0 heterocycles. The van der Waals surface area contributed by atoms with E-state index in [9.17, 15) is 26.4 Å². The van der Waals surface area contributed by atoms with Gasteiger partial charge in [-0.3, -0.25) is 9.11 Å². The molecule has 1 aromatic carbocycles. The van der Waals surface area contributed by atoms with Crippen molar-refractivity contribution in [3.63, 3.8) is 0 Å². The summed E-state index contributed by atoms with van der Waals surface area (Å²) in [5, 5.41) is 17.7. The van der Waals surface area contributed by atoms with Crippen molar-refractivity contribution in [2.24, 2.45) is 0 Å². The number of aromatic carboxylic acids is 2. The van der Waals surface area contributed by atoms with E-state index in [0.717, 1.165) is 0 Å². The van der Waals surface area contributed by atoms with E-state index in [4.69, 9.17) is 19.3 Å². The van der Waals surface area contributed by atoms with Crippen LogP contribution in [0.25, 0.3) is 0 Å². The largest absolute Gasteiger partial charge is 0.478 e. The quantitative estimate of drug-likeness (QED) is 0.529. The lowest BCUT2D eigenvalue weighted by atomic mass is 10.1. The summed E-state index contributed by atoms with van der Waals surface area (Å²) >= 11 is 0. The lowest BCUT2D eigenvalue weighted by Crippen LogP contribution is -2.18. The zero-order valence-electron chi connectivity index (χ0n) is 9.21. The average Bonchev–Trinajstić information content (AvgIpc) is 2.24. The van der Waals surface area contributed by atoms with E-state index in [1.165, 1.54) is 0 Å². The van der Waals surface area contributed by atoms with Crippen molar-refractivity contribution in [1.29, 1.82) is 0 Å². The molecule has 4 N–H and O–H groups in total. The summed E-state index contributed by atoms with van der Waals surface area (Å²) in [6.07, 6.45) is 0. The van der Waals surface area contributed by atoms with E-state index in [1.807, 2.05) is 0 Å². The van der Waals surface area contributed by atoms with Crippen LogP contribution in [0.3, 0.4) is 0 Å². The van der Waals surface area contributed by atoms with Crippen LogP contribution in [-0.4, -0.2) is 48.1 Å². The van der Waals surface area contributed by atoms with Gasteiger partial charge in [0.05, 0.1) is 11.1 Å². The Hall–Kier alpha value is -2.02. The first-order valence-corrected chi connectivity index (χ1v) is 7.34. The van der Waals surface area contributed by atoms with Crippen LogP contribution in [0.5, 0.6) is 0 Å². The zero-order chi connectivity index (χ0) is 15.9. The predicted octanol–water partition coefficient (Wildman–Crippen LogP) is -0.424. The van der Waals surface area contributed by atoms with Gasteiger partial charge in [-0.2, -0.15) is 16.8 Å². The minimum Gasteiger partial charge on any atom is -0.478 e. The van der Waals surface area contributed by atoms with E-state index in [0.29, 0.717) is 12.1 Å². The van der Waals surface area contributed by atoms with Gasteiger partial charge in [-0.15, -0.1) is 0 Å². The maximum Gasteiger partial charge on any atom is 0.338 e. The van der Waals surface area contributed by atoms with Gasteiger partial charge in [0.25, 0.3) is 20.2 Å². The highest BCUT2D eigenvalue weighted by atomic mass is 32.2. The van der Waals surface area contributed by atoms with Crippen LogP contribution >= 0.6 is 0 Å². The van der Waals surface area contributed by atoms with Gasteiger partial charge in [0, 0.05) is 0 Å². The Morgan fingerprint density at radius 3 is 1.15 bits per heavy atom. The fraction of sp³-hybridized carbons (Fsp3) is 0. The van der Waals surface area contributed by atoms with Gasteiger partial charge in [0.2, 0.25) is 0 Å². The molecule has 0 aliphatic rings. The van der Waals surface area contributed by atoms with E-state index >= 15 is 0 Å². The summed E-state index contributed by atoms with van der Waals surface area (Å²) in [5.74, 6) is -4.22. The molecule has 0 spiro atoms. The van der Waals surface area contributed by atoms with Crippen LogP contribution in [0, 0.1) is 0 Å². The van der Waals surface area contributed by atoms with Crippen LogP contribution in [0.2, 0.25) is 0 Å². The van der Waals surface area contributed by atoms with E-state index in [1.54, 1.807) is 0 Å². The second-order valence-electron chi connectivity index (χ2n) is 3.37. The monoisotopic (exact) mass is 326 g/mol. The average molecular weight is 326 g/mol. The van der Waals surface area contributed by atoms with Crippen LogP contribution in [0.15, 0.2) is 21.9 Å². The Morgan fingerprint density at radius 2 is 1.00 bits per heavy atom. The minimum atomic E-state index is -5.12. The number of hydrogen-bond acceptors (Lipinski definition) is 6. The summed E-state index contributed by atoms with van der Waals surface area (Å²) in [4.78, 5) is 19.3. The fourth-order valence-corrected chi connectivity index (χ4v) is 2.79. The molecule has 1 aromatic rings. The standard InChI is InChI=1S/C8H6O10S2/c9-7(10)5-3(19(13,14)15)1-2-4(20(16,17)18)6(5)8(11)12/h1-2H,(H,9,10)(H,11,12)(H,13,14,15)(H,16,17,18). The highest BCUT2D eigenvalue weighted by Crippen LogP contribution is 2.26. The van der Waals surface area contributed by atoms with Gasteiger partial charge in [-0.25, -0.2) is 9.59 Å². The number of rotatable bonds is 4. The smallest absolute Gasteiger partial charge is 0.338 e. The summed E-state index contributed by atoms with van der Waals surface area (Å²) in [6, 6.07) is 0.711. The summed E-state index contributed by atoms with van der Waals surface area (Å²) in [6.45, 7) is 0. The number of carboxylic acid groups (broad SMARTS) is 2. The van der Waals surface area contributed by atoms with Crippen molar-refractivity contribution in [3.05, 3.63) is 23.3 Å². The molecule has 0 saturated heterocycles. The van der Waals surface area contributed by atoms with Crippen molar-refractivity contribution in [2.75, 3.05) is 0 Å². The maximum atomic E-state index is 11.0. The lowest BCUT2D eigenvalue weighted by Gasteiger charge is -2.10. The first-order chi connectivity index (χ1) is 8.87. The topological polar surface area (TPSA) is 183 Å². The second kappa shape index (κ2) is 4.82. The Morgan fingerprint density at radius 1 is 0.750 bits per heavy atom. The van der Waals surface area contributed by atoms with Gasteiger partial charge in [-0.1, -0.05) is 0 Å². The number of benzene rings is 1. The highest BCUT2D eigenvalue weighted by molar-refractivity contribution is 7.86. The molecular formula is C8H6O10S2. The van der Waals surface area contributed by atoms with Gasteiger partial charge >= 0.3 is 11.9 Å². The normalized spacial score (nSPS) is 12.1. The third-order valence-electron chi connectivity index (χ3n) is 2.11. The predicted molar refractivity (Wildman–Crippen MR) is 60.0 cm³/mol. The Kier molecular flexibility index (Phi) is 3.87. The summed E-state index contributed by atoms with van der Waals surface area (Å²) in [5.41, 5.74) is -2.95. The maximum absolute atomic E-state index is 11.0. The Labute approximate surface area is 111 Å². The fourth-order valence-electron chi connectivity index (χ4n) is 1.42. The first-order valence-electron chi connectivity index (χ1n) is 4.46. The number of carbonyl (C=O) groups is 2. The van der Waals surface area contributed by atoms with Gasteiger partial charge in [-0.05, 0) is 12.1 Å². The first kappa shape index (κ1) is 16.0. The van der Waals surface area contributed by atoms with Gasteiger partial charge in [0.1, 0.15) is 9.79 Å². The Bertz CT molecular complexity index is 733. The molecule has 0 bridgehead atoms. The lowest BCUT2D eigenvalue weighted by molar-refractivity contribution is 0.0644. The SMILES string of the molecule is O=C(O)c1c(S(=O)(=O)O)ccc(S(=O)(=O)O)c1C(=O)O. The second-order valence-corrected chi connectivity index (χ2v) is 6.15. The number of carboxylic acids is 2. The molecule has 0 fully saturated rings. The molecule has 0 radical (unpaired) electrons. The molecule has 0 aliphatic carbocycles. The number of hydrogen-bond donors (Lipinski definition) is 4. The molecule has 12 heteroatoms. The van der Waals surface area contributed by atoms with Crippen molar-refractivity contribution in [2.45, 2.75) is 9.79 Å². The van der Waals surface area contributed by atoms with Gasteiger partial charge < -0.3 is 10.2 Å². The van der Waals surface area contributed by atoms with Gasteiger partial charge in [0.15, 0.2) is 0 Å². The van der Waals surface area contributed by atoms with E-state index in [2.05, 4.69) is 0 Å². The summed E-state index contributed by atoms with van der Waals surface area (Å²) < 4.78 is 61.6. The van der Waals surface area contributed by atoms with Crippen LogP contribution in [-0.2, 0) is 20.2 Å². The molecule has 1 rings (SSSR count). The Balaban J connectivity index is 4.08. The molecule has 0 saturated carbocycles. The molecule has 0 aliphatic heterocycles. The molecule has 110 valence electrons. The molecule has 0 unspecified atom stereocenters. The minimum absolute atomic E-state index is 0.355. The van der Waals surface area contributed by atoms with Crippen LogP contribution < -0.4 is 0 Å². The molecular weight excluding hydrogens is 320 g/mol. The van der Waals surface area contributed by atoms with Crippen molar-refractivity contribution < 1.29 is 45.7 Å². The van der Waals surface area contributed by atoms with Crippen molar-refractivity contribution in [1.82, 2.24) is 0 Å². The van der Waals surface area contributed by atoms with E-state index in [-0.39, 0.29) is 0 Å². The third kappa shape index (κ3) is 2.93. The highest BCUT2D eigenvalue weighted by Gasteiger charge is 2.32. The molecule has 0 amide bonds. The molecule has 20 heavy (non-hydrogen) atoms. The van der Waals surface area contributed by atoms with Crippen LogP contribution in [0.4, 0.5) is 0 Å².